The van der Waals surface area contributed by atoms with Gasteiger partial charge in [0, 0.05) is 6.42 Å². The maximum absolute atomic E-state index is 11.7. The predicted molar refractivity (Wildman–Crippen MR) is 70.2 cm³/mol. The molecule has 1 heterocycles. The van der Waals surface area contributed by atoms with E-state index in [1.807, 2.05) is 36.4 Å². The van der Waals surface area contributed by atoms with E-state index in [0.717, 1.165) is 5.56 Å². The quantitative estimate of drug-likeness (QED) is 0.915. The Morgan fingerprint density at radius 1 is 1.39 bits per heavy atom. The van der Waals surface area contributed by atoms with Crippen LogP contribution in [-0.2, 0) is 11.2 Å². The van der Waals surface area contributed by atoms with Crippen molar-refractivity contribution in [1.82, 2.24) is 4.98 Å². The van der Waals surface area contributed by atoms with Gasteiger partial charge in [-0.15, -0.1) is 0 Å². The van der Waals surface area contributed by atoms with E-state index >= 15 is 0 Å². The molecule has 0 aliphatic heterocycles. The number of nitrogens with one attached hydrogen (secondary N) is 1. The summed E-state index contributed by atoms with van der Waals surface area (Å²) in [5.74, 6) is -0.0855. The topological polar surface area (TPSA) is 65.8 Å². The third-order valence-corrected chi connectivity index (χ3v) is 3.16. The molecule has 1 aromatic carbocycles. The van der Waals surface area contributed by atoms with E-state index in [-0.39, 0.29) is 5.91 Å². The van der Waals surface area contributed by atoms with Crippen LogP contribution in [-0.4, -0.2) is 10.9 Å². The van der Waals surface area contributed by atoms with Crippen LogP contribution >= 0.6 is 11.3 Å². The van der Waals surface area contributed by atoms with Crippen LogP contribution in [0.5, 0.6) is 0 Å². The second-order valence-electron chi connectivity index (χ2n) is 3.68. The van der Waals surface area contributed by atoms with Crippen molar-refractivity contribution in [3.05, 3.63) is 47.0 Å². The molecular formula is C13H11N3OS. The first-order valence-corrected chi connectivity index (χ1v) is 6.29. The zero-order valence-electron chi connectivity index (χ0n) is 9.59. The fourth-order valence-electron chi connectivity index (χ4n) is 1.47. The Kier molecular flexibility index (Phi) is 4.05. The number of hydrogen-bond acceptors (Lipinski definition) is 4. The van der Waals surface area contributed by atoms with Crippen molar-refractivity contribution >= 4 is 22.4 Å². The average molecular weight is 257 g/mol. The fraction of sp³-hybridized carbons (Fsp3) is 0.154. The standard InChI is InChI=1S/C13H11N3OS/c14-8-11-9-15-13(18-11)16-12(17)7-6-10-4-2-1-3-5-10/h1-5,9H,6-7H2,(H,15,16,17). The van der Waals surface area contributed by atoms with Gasteiger partial charge in [-0.2, -0.15) is 5.26 Å². The minimum Gasteiger partial charge on any atom is -0.302 e. The summed E-state index contributed by atoms with van der Waals surface area (Å²) in [7, 11) is 0. The number of nitrogens with zero attached hydrogens (tertiary/aromatic N) is 2. The van der Waals surface area contributed by atoms with E-state index in [1.165, 1.54) is 17.5 Å². The molecule has 0 aliphatic carbocycles. The molecule has 0 atom stereocenters. The number of aromatic nitrogens is 1. The van der Waals surface area contributed by atoms with E-state index in [1.54, 1.807) is 0 Å². The molecule has 18 heavy (non-hydrogen) atoms. The molecule has 0 unspecified atom stereocenters. The van der Waals surface area contributed by atoms with Crippen molar-refractivity contribution in [3.63, 3.8) is 0 Å². The van der Waals surface area contributed by atoms with Crippen LogP contribution in [0.15, 0.2) is 36.5 Å². The van der Waals surface area contributed by atoms with E-state index < -0.39 is 0 Å². The van der Waals surface area contributed by atoms with Crippen LogP contribution in [0.25, 0.3) is 0 Å². The van der Waals surface area contributed by atoms with Gasteiger partial charge < -0.3 is 5.32 Å². The largest absolute Gasteiger partial charge is 0.302 e. The highest BCUT2D eigenvalue weighted by Gasteiger charge is 2.06. The highest BCUT2D eigenvalue weighted by Crippen LogP contribution is 2.17. The molecule has 2 aromatic rings. The number of thiazole rings is 1. The smallest absolute Gasteiger partial charge is 0.226 e. The van der Waals surface area contributed by atoms with E-state index in [0.29, 0.717) is 22.9 Å². The second kappa shape index (κ2) is 5.94. The first kappa shape index (κ1) is 12.3. The van der Waals surface area contributed by atoms with E-state index in [2.05, 4.69) is 10.3 Å². The van der Waals surface area contributed by atoms with Crippen molar-refractivity contribution in [1.29, 1.82) is 5.26 Å². The van der Waals surface area contributed by atoms with Crippen LogP contribution in [0.1, 0.15) is 16.9 Å². The number of carbonyl (C=O) groups excluding carboxylic acids is 1. The molecule has 5 heteroatoms. The lowest BCUT2D eigenvalue weighted by molar-refractivity contribution is -0.116. The Hall–Kier alpha value is -2.19. The number of hydrogen-bond donors (Lipinski definition) is 1. The van der Waals surface area contributed by atoms with Gasteiger partial charge in [-0.1, -0.05) is 41.7 Å². The lowest BCUT2D eigenvalue weighted by Gasteiger charge is -2.01. The summed E-state index contributed by atoms with van der Waals surface area (Å²) >= 11 is 1.18. The number of benzene rings is 1. The van der Waals surface area contributed by atoms with Crippen LogP contribution < -0.4 is 5.32 Å². The first-order chi connectivity index (χ1) is 8.78. The summed E-state index contributed by atoms with van der Waals surface area (Å²) in [6.45, 7) is 0. The minimum atomic E-state index is -0.0855. The Labute approximate surface area is 109 Å². The van der Waals surface area contributed by atoms with Gasteiger partial charge in [0.2, 0.25) is 5.91 Å². The molecule has 0 saturated carbocycles. The van der Waals surface area contributed by atoms with E-state index in [9.17, 15) is 4.79 Å². The molecule has 0 radical (unpaired) electrons. The van der Waals surface area contributed by atoms with Gasteiger partial charge in [-0.05, 0) is 12.0 Å². The van der Waals surface area contributed by atoms with Gasteiger partial charge in [-0.3, -0.25) is 4.79 Å². The molecule has 0 aliphatic rings. The molecule has 0 saturated heterocycles. The lowest BCUT2D eigenvalue weighted by Crippen LogP contribution is -2.11. The van der Waals surface area contributed by atoms with Gasteiger partial charge in [0.05, 0.1) is 6.20 Å². The molecule has 2 rings (SSSR count). The highest BCUT2D eigenvalue weighted by molar-refractivity contribution is 7.16. The predicted octanol–water partition coefficient (Wildman–Crippen LogP) is 2.59. The highest BCUT2D eigenvalue weighted by atomic mass is 32.1. The van der Waals surface area contributed by atoms with Crippen molar-refractivity contribution in [2.45, 2.75) is 12.8 Å². The van der Waals surface area contributed by atoms with Crippen LogP contribution in [0, 0.1) is 11.3 Å². The molecule has 1 N–H and O–H groups in total. The number of rotatable bonds is 4. The molecule has 90 valence electrons. The van der Waals surface area contributed by atoms with Crippen molar-refractivity contribution in [2.24, 2.45) is 0 Å². The fourth-order valence-corrected chi connectivity index (χ4v) is 2.10. The lowest BCUT2D eigenvalue weighted by atomic mass is 10.1. The Balaban J connectivity index is 1.84. The summed E-state index contributed by atoms with van der Waals surface area (Å²) in [4.78, 5) is 16.1. The number of amides is 1. The van der Waals surface area contributed by atoms with Gasteiger partial charge in [0.15, 0.2) is 5.13 Å². The molecular weight excluding hydrogens is 246 g/mol. The minimum absolute atomic E-state index is 0.0855. The number of nitriles is 1. The van der Waals surface area contributed by atoms with Crippen LogP contribution in [0.2, 0.25) is 0 Å². The second-order valence-corrected chi connectivity index (χ2v) is 4.71. The Morgan fingerprint density at radius 2 is 2.17 bits per heavy atom. The van der Waals surface area contributed by atoms with Gasteiger partial charge in [-0.25, -0.2) is 4.98 Å². The van der Waals surface area contributed by atoms with Crippen molar-refractivity contribution < 1.29 is 4.79 Å². The summed E-state index contributed by atoms with van der Waals surface area (Å²) < 4.78 is 0. The van der Waals surface area contributed by atoms with Crippen molar-refractivity contribution in [2.75, 3.05) is 5.32 Å². The Bertz CT molecular complexity index is 571. The molecule has 1 amide bonds. The maximum Gasteiger partial charge on any atom is 0.226 e. The summed E-state index contributed by atoms with van der Waals surface area (Å²) in [6.07, 6.45) is 2.56. The molecule has 0 bridgehead atoms. The normalized spacial score (nSPS) is 9.72. The zero-order valence-corrected chi connectivity index (χ0v) is 10.4. The van der Waals surface area contributed by atoms with Gasteiger partial charge in [0.1, 0.15) is 10.9 Å². The SMILES string of the molecule is N#Cc1cnc(NC(=O)CCc2ccccc2)s1. The van der Waals surface area contributed by atoms with Crippen molar-refractivity contribution in [3.8, 4) is 6.07 Å². The van der Waals surface area contributed by atoms with Crippen LogP contribution in [0.4, 0.5) is 5.13 Å². The molecule has 4 nitrogen and oxygen atoms in total. The summed E-state index contributed by atoms with van der Waals surface area (Å²) in [5, 5.41) is 11.8. The number of anilines is 1. The third-order valence-electron chi connectivity index (χ3n) is 2.35. The van der Waals surface area contributed by atoms with Gasteiger partial charge in [0.25, 0.3) is 0 Å². The number of aryl methyl sites for hydroxylation is 1. The van der Waals surface area contributed by atoms with E-state index in [4.69, 9.17) is 5.26 Å². The molecule has 0 fully saturated rings. The summed E-state index contributed by atoms with van der Waals surface area (Å²) in [5.41, 5.74) is 1.13. The molecule has 1 aromatic heterocycles. The first-order valence-electron chi connectivity index (χ1n) is 5.47. The monoisotopic (exact) mass is 257 g/mol. The maximum atomic E-state index is 11.7. The zero-order chi connectivity index (χ0) is 12.8. The van der Waals surface area contributed by atoms with Gasteiger partial charge >= 0.3 is 0 Å². The van der Waals surface area contributed by atoms with Crippen LogP contribution in [0.3, 0.4) is 0 Å². The third kappa shape index (κ3) is 3.40. The average Bonchev–Trinajstić information content (AvgIpc) is 2.85. The summed E-state index contributed by atoms with van der Waals surface area (Å²) in [6, 6.07) is 11.8. The molecule has 0 spiro atoms. The number of carbonyl (C=O) groups is 1. The Morgan fingerprint density at radius 3 is 2.83 bits per heavy atom.